The lowest BCUT2D eigenvalue weighted by atomic mass is 9.97. The Morgan fingerprint density at radius 1 is 1.04 bits per heavy atom. The summed E-state index contributed by atoms with van der Waals surface area (Å²) in [6, 6.07) is 14.8. The maximum absolute atomic E-state index is 14.0. The number of aromatic nitrogens is 4. The number of rotatable bonds is 10. The van der Waals surface area contributed by atoms with Gasteiger partial charge in [-0.1, -0.05) is 35.5 Å². The van der Waals surface area contributed by atoms with Crippen LogP contribution in [0.5, 0.6) is 0 Å². The lowest BCUT2D eigenvalue weighted by Gasteiger charge is -2.31. The molecule has 5 aromatic rings. The lowest BCUT2D eigenvalue weighted by molar-refractivity contribution is -0.137. The molecule has 1 saturated heterocycles. The molecule has 0 bridgehead atoms. The van der Waals surface area contributed by atoms with Crippen molar-refractivity contribution in [3.63, 3.8) is 0 Å². The SMILES string of the molecule is CC(=O)c1[nH]c2ccc(F)cc2c1-c1cn(CC2CCN(CCNS(=O)(=O)c3ccc(-c4ccccc4C(F)(F)F)cc3)CC2)nn1. The van der Waals surface area contributed by atoms with Gasteiger partial charge in [0, 0.05) is 43.0 Å². The van der Waals surface area contributed by atoms with E-state index in [9.17, 15) is 30.8 Å². The van der Waals surface area contributed by atoms with Gasteiger partial charge in [-0.25, -0.2) is 17.5 Å². The summed E-state index contributed by atoms with van der Waals surface area (Å²) in [5.41, 5.74) is 1.48. The zero-order chi connectivity index (χ0) is 33.3. The maximum Gasteiger partial charge on any atom is 0.417 e. The predicted molar refractivity (Wildman–Crippen MR) is 169 cm³/mol. The van der Waals surface area contributed by atoms with E-state index in [0.29, 0.717) is 46.9 Å². The predicted octanol–water partition coefficient (Wildman–Crippen LogP) is 6.14. The molecule has 14 heteroatoms. The van der Waals surface area contributed by atoms with E-state index in [-0.39, 0.29) is 28.4 Å². The van der Waals surface area contributed by atoms with E-state index in [1.54, 1.807) is 16.9 Å². The summed E-state index contributed by atoms with van der Waals surface area (Å²) in [6.07, 6.45) is -1.04. The molecule has 9 nitrogen and oxygen atoms in total. The first-order valence-corrected chi connectivity index (χ1v) is 16.6. The number of ketones is 1. The van der Waals surface area contributed by atoms with Gasteiger partial charge in [0.1, 0.15) is 11.5 Å². The third-order valence-electron chi connectivity index (χ3n) is 8.49. The van der Waals surface area contributed by atoms with Gasteiger partial charge in [-0.3, -0.25) is 9.48 Å². The van der Waals surface area contributed by atoms with Gasteiger partial charge in [0.05, 0.1) is 22.3 Å². The zero-order valence-corrected chi connectivity index (χ0v) is 26.2. The Bertz CT molecular complexity index is 2010. The highest BCUT2D eigenvalue weighted by atomic mass is 32.2. The summed E-state index contributed by atoms with van der Waals surface area (Å²) in [4.78, 5) is 17.5. The third kappa shape index (κ3) is 7.14. The Morgan fingerprint density at radius 3 is 2.47 bits per heavy atom. The van der Waals surface area contributed by atoms with Gasteiger partial charge in [-0.15, -0.1) is 5.10 Å². The molecule has 1 aliphatic heterocycles. The van der Waals surface area contributed by atoms with Crippen molar-refractivity contribution in [1.82, 2.24) is 29.6 Å². The number of hydrogen-bond donors (Lipinski definition) is 2. The highest BCUT2D eigenvalue weighted by Crippen LogP contribution is 2.37. The topological polar surface area (TPSA) is 113 Å². The van der Waals surface area contributed by atoms with Crippen molar-refractivity contribution >= 4 is 26.7 Å². The van der Waals surface area contributed by atoms with Crippen LogP contribution in [0.25, 0.3) is 33.3 Å². The van der Waals surface area contributed by atoms with E-state index in [1.165, 1.54) is 61.5 Å². The van der Waals surface area contributed by atoms with Crippen LogP contribution in [-0.4, -0.2) is 65.3 Å². The number of carbonyl (C=O) groups excluding carboxylic acids is 1. The molecule has 6 rings (SSSR count). The summed E-state index contributed by atoms with van der Waals surface area (Å²) in [5, 5.41) is 9.11. The highest BCUT2D eigenvalue weighted by molar-refractivity contribution is 7.89. The summed E-state index contributed by atoms with van der Waals surface area (Å²) in [5.74, 6) is -0.292. The van der Waals surface area contributed by atoms with Crippen LogP contribution in [0.2, 0.25) is 0 Å². The first-order chi connectivity index (χ1) is 22.4. The first kappa shape index (κ1) is 32.5. The number of fused-ring (bicyclic) bond motifs is 1. The number of halogens is 4. The average molecular weight is 669 g/mol. The number of nitrogens with zero attached hydrogens (tertiary/aromatic N) is 4. The second-order valence-corrected chi connectivity index (χ2v) is 13.5. The molecule has 47 heavy (non-hydrogen) atoms. The van der Waals surface area contributed by atoms with Crippen LogP contribution >= 0.6 is 0 Å². The van der Waals surface area contributed by atoms with E-state index in [0.717, 1.165) is 32.0 Å². The van der Waals surface area contributed by atoms with E-state index in [1.807, 2.05) is 0 Å². The number of H-pyrrole nitrogens is 1. The van der Waals surface area contributed by atoms with Gasteiger partial charge >= 0.3 is 6.18 Å². The molecule has 3 heterocycles. The third-order valence-corrected chi connectivity index (χ3v) is 9.97. The minimum Gasteiger partial charge on any atom is -0.352 e. The van der Waals surface area contributed by atoms with Crippen molar-refractivity contribution in [2.24, 2.45) is 5.92 Å². The van der Waals surface area contributed by atoms with E-state index >= 15 is 0 Å². The van der Waals surface area contributed by atoms with Crippen LogP contribution in [0, 0.1) is 11.7 Å². The molecule has 2 aromatic heterocycles. The largest absolute Gasteiger partial charge is 0.417 e. The molecule has 1 fully saturated rings. The van der Waals surface area contributed by atoms with Crippen LogP contribution in [0.1, 0.15) is 35.8 Å². The normalized spacial score (nSPS) is 15.0. The molecule has 0 unspecified atom stereocenters. The molecule has 0 amide bonds. The van der Waals surface area contributed by atoms with Crippen LogP contribution in [0.4, 0.5) is 17.6 Å². The highest BCUT2D eigenvalue weighted by Gasteiger charge is 2.33. The standard InChI is InChI=1S/C33H32F4N6O3S/c1-21(44)32-31(27-18-24(34)8-11-29(27)39-32)30-20-43(41-40-30)19-22-12-15-42(16-13-22)17-14-38-47(45,46)25-9-6-23(7-10-25)26-4-2-3-5-28(26)33(35,36)37/h2-11,18,20,22,38-39H,12-17,19H2,1H3. The average Bonchev–Trinajstić information content (AvgIpc) is 3.65. The maximum atomic E-state index is 14.0. The molecule has 2 N–H and O–H groups in total. The quantitative estimate of drug-likeness (QED) is 0.137. The minimum absolute atomic E-state index is 0.0161. The number of benzene rings is 3. The van der Waals surface area contributed by atoms with E-state index < -0.39 is 27.6 Å². The molecule has 1 aliphatic rings. The Hall–Kier alpha value is -4.40. The van der Waals surface area contributed by atoms with Gasteiger partial charge < -0.3 is 9.88 Å². The number of nitrogens with one attached hydrogen (secondary N) is 2. The number of aromatic amines is 1. The fraction of sp³-hybridized carbons (Fsp3) is 0.303. The summed E-state index contributed by atoms with van der Waals surface area (Å²) in [7, 11) is -3.85. The van der Waals surface area contributed by atoms with E-state index in [2.05, 4.69) is 24.9 Å². The van der Waals surface area contributed by atoms with E-state index in [4.69, 9.17) is 0 Å². The fourth-order valence-electron chi connectivity index (χ4n) is 6.07. The molecule has 0 spiro atoms. The minimum atomic E-state index is -4.53. The fourth-order valence-corrected chi connectivity index (χ4v) is 7.09. The second kappa shape index (κ2) is 13.0. The van der Waals surface area contributed by atoms with Crippen molar-refractivity contribution in [3.8, 4) is 22.4 Å². The molecular weight excluding hydrogens is 636 g/mol. The summed E-state index contributed by atoms with van der Waals surface area (Å²) >= 11 is 0. The number of likely N-dealkylation sites (tertiary alicyclic amines) is 1. The molecule has 3 aromatic carbocycles. The smallest absolute Gasteiger partial charge is 0.352 e. The van der Waals surface area contributed by atoms with Gasteiger partial charge in [0.15, 0.2) is 5.78 Å². The van der Waals surface area contributed by atoms with Crippen molar-refractivity contribution in [2.75, 3.05) is 26.2 Å². The summed E-state index contributed by atoms with van der Waals surface area (Å²) < 4.78 is 84.3. The number of piperidine rings is 1. The van der Waals surface area contributed by atoms with Gasteiger partial charge in [0.2, 0.25) is 10.0 Å². The monoisotopic (exact) mass is 668 g/mol. The number of sulfonamides is 1. The second-order valence-electron chi connectivity index (χ2n) is 11.7. The Labute approximate surface area is 268 Å². The number of alkyl halides is 3. The van der Waals surface area contributed by atoms with Crippen LogP contribution < -0.4 is 4.72 Å². The lowest BCUT2D eigenvalue weighted by Crippen LogP contribution is -2.40. The van der Waals surface area contributed by atoms with Crippen molar-refractivity contribution < 1.29 is 30.8 Å². The van der Waals surface area contributed by atoms with Crippen LogP contribution in [0.15, 0.2) is 77.8 Å². The van der Waals surface area contributed by atoms with Crippen LogP contribution in [-0.2, 0) is 22.7 Å². The number of Topliss-reactive ketones (excluding diaryl/α,β-unsaturated/α-hetero) is 1. The molecular formula is C33H32F4N6O3S. The van der Waals surface area contributed by atoms with Crippen molar-refractivity contribution in [1.29, 1.82) is 0 Å². The first-order valence-electron chi connectivity index (χ1n) is 15.1. The molecule has 0 radical (unpaired) electrons. The van der Waals surface area contributed by atoms with Crippen LogP contribution in [0.3, 0.4) is 0 Å². The van der Waals surface area contributed by atoms with Gasteiger partial charge in [0.25, 0.3) is 0 Å². The zero-order valence-electron chi connectivity index (χ0n) is 25.4. The summed E-state index contributed by atoms with van der Waals surface area (Å²) in [6.45, 7) is 4.26. The van der Waals surface area contributed by atoms with Crippen molar-refractivity contribution in [3.05, 3.63) is 90.0 Å². The Morgan fingerprint density at radius 2 is 1.77 bits per heavy atom. The van der Waals surface area contributed by atoms with Gasteiger partial charge in [-0.2, -0.15) is 13.2 Å². The number of carbonyl (C=O) groups is 1. The molecule has 0 atom stereocenters. The molecule has 0 saturated carbocycles. The van der Waals surface area contributed by atoms with Crippen molar-refractivity contribution in [2.45, 2.75) is 37.4 Å². The number of hydrogen-bond acceptors (Lipinski definition) is 6. The Balaban J connectivity index is 1.01. The molecule has 0 aliphatic carbocycles. The Kier molecular flexibility index (Phi) is 9.01. The van der Waals surface area contributed by atoms with Gasteiger partial charge in [-0.05, 0) is 79.4 Å². The molecule has 246 valence electrons.